The molecule has 1 heterocycles. The van der Waals surface area contributed by atoms with Gasteiger partial charge in [-0.15, -0.1) is 0 Å². The fourth-order valence-electron chi connectivity index (χ4n) is 3.96. The Kier molecular flexibility index (Phi) is 7.27. The van der Waals surface area contributed by atoms with Crippen molar-refractivity contribution in [3.8, 4) is 0 Å². The van der Waals surface area contributed by atoms with E-state index in [1.807, 2.05) is 37.3 Å². The Morgan fingerprint density at radius 1 is 1.00 bits per heavy atom. The van der Waals surface area contributed by atoms with Gasteiger partial charge in [-0.3, -0.25) is 14.2 Å². The summed E-state index contributed by atoms with van der Waals surface area (Å²) in [6.45, 7) is 2.25. The second kappa shape index (κ2) is 10.2. The number of amides is 1. The van der Waals surface area contributed by atoms with Crippen LogP contribution in [0.5, 0.6) is 0 Å². The van der Waals surface area contributed by atoms with Crippen LogP contribution in [0.3, 0.4) is 0 Å². The first-order valence-electron chi connectivity index (χ1n) is 10.7. The van der Waals surface area contributed by atoms with E-state index in [-0.39, 0.29) is 16.5 Å². The van der Waals surface area contributed by atoms with E-state index in [9.17, 15) is 9.59 Å². The molecular formula is C26H22Cl3N3O2. The highest BCUT2D eigenvalue weighted by molar-refractivity contribution is 6.36. The first-order valence-corrected chi connectivity index (χ1v) is 11.9. The summed E-state index contributed by atoms with van der Waals surface area (Å²) in [4.78, 5) is 33.1. The van der Waals surface area contributed by atoms with Crippen molar-refractivity contribution in [3.63, 3.8) is 0 Å². The Labute approximate surface area is 212 Å². The highest BCUT2D eigenvalue weighted by Crippen LogP contribution is 2.27. The molecule has 0 aliphatic heterocycles. The van der Waals surface area contributed by atoms with Crippen LogP contribution in [0.4, 0.5) is 0 Å². The van der Waals surface area contributed by atoms with Crippen molar-refractivity contribution in [3.05, 3.63) is 109 Å². The maximum atomic E-state index is 13.7. The Balaban J connectivity index is 1.78. The Bertz CT molecular complexity index is 1420. The first-order chi connectivity index (χ1) is 16.3. The van der Waals surface area contributed by atoms with Crippen LogP contribution in [0.1, 0.15) is 34.7 Å². The number of carbonyl (C=O) groups is 1. The summed E-state index contributed by atoms with van der Waals surface area (Å²) in [5.74, 6) is 0.178. The fourth-order valence-corrected chi connectivity index (χ4v) is 4.61. The number of nitrogens with zero attached hydrogens (tertiary/aromatic N) is 3. The maximum Gasteiger partial charge on any atom is 0.261 e. The number of fused-ring (bicyclic) bond motifs is 1. The summed E-state index contributed by atoms with van der Waals surface area (Å²) in [5.41, 5.74) is 1.70. The van der Waals surface area contributed by atoms with Crippen LogP contribution in [0.25, 0.3) is 10.9 Å². The summed E-state index contributed by atoms with van der Waals surface area (Å²) in [6, 6.07) is 19.1. The predicted octanol–water partition coefficient (Wildman–Crippen LogP) is 6.34. The largest absolute Gasteiger partial charge is 0.328 e. The van der Waals surface area contributed by atoms with Gasteiger partial charge in [-0.05, 0) is 55.3 Å². The van der Waals surface area contributed by atoms with E-state index in [4.69, 9.17) is 39.8 Å². The van der Waals surface area contributed by atoms with Crippen LogP contribution >= 0.6 is 34.8 Å². The minimum atomic E-state index is -0.524. The van der Waals surface area contributed by atoms with Gasteiger partial charge in [-0.2, -0.15) is 0 Å². The summed E-state index contributed by atoms with van der Waals surface area (Å²) in [7, 11) is 1.66. The van der Waals surface area contributed by atoms with Crippen LogP contribution < -0.4 is 5.56 Å². The summed E-state index contributed by atoms with van der Waals surface area (Å²) in [6.07, 6.45) is 0.621. The molecule has 5 nitrogen and oxygen atoms in total. The molecule has 3 aromatic carbocycles. The third-order valence-corrected chi connectivity index (χ3v) is 6.60. The second-order valence-corrected chi connectivity index (χ2v) is 9.31. The lowest BCUT2D eigenvalue weighted by Gasteiger charge is -2.30. The minimum absolute atomic E-state index is 0.205. The van der Waals surface area contributed by atoms with Crippen molar-refractivity contribution >= 4 is 51.6 Å². The highest BCUT2D eigenvalue weighted by Gasteiger charge is 2.27. The highest BCUT2D eigenvalue weighted by atomic mass is 35.5. The minimum Gasteiger partial charge on any atom is -0.328 e. The van der Waals surface area contributed by atoms with Gasteiger partial charge in [0.15, 0.2) is 0 Å². The Hall–Kier alpha value is -2.86. The van der Waals surface area contributed by atoms with E-state index >= 15 is 0 Å². The SMILES string of the molecule is CC(c1nc2cc(Cl)ccc2c(=O)n1C)N(CCc1ccccc1)C(=O)c1ccc(Cl)cc1Cl. The van der Waals surface area contributed by atoms with Crippen LogP contribution in [-0.2, 0) is 13.5 Å². The molecule has 0 saturated carbocycles. The van der Waals surface area contributed by atoms with Gasteiger partial charge in [-0.1, -0.05) is 65.1 Å². The smallest absolute Gasteiger partial charge is 0.261 e. The summed E-state index contributed by atoms with van der Waals surface area (Å²) < 4.78 is 1.48. The molecule has 0 spiro atoms. The van der Waals surface area contributed by atoms with Crippen molar-refractivity contribution in [2.75, 3.05) is 6.54 Å². The second-order valence-electron chi connectivity index (χ2n) is 8.03. The van der Waals surface area contributed by atoms with Gasteiger partial charge in [-0.25, -0.2) is 4.98 Å². The normalized spacial score (nSPS) is 12.0. The molecule has 1 unspecified atom stereocenters. The molecule has 0 radical (unpaired) electrons. The Morgan fingerprint density at radius 3 is 2.38 bits per heavy atom. The van der Waals surface area contributed by atoms with E-state index in [1.54, 1.807) is 48.3 Å². The van der Waals surface area contributed by atoms with Gasteiger partial charge in [0, 0.05) is 23.6 Å². The molecule has 0 saturated heterocycles. The van der Waals surface area contributed by atoms with Crippen molar-refractivity contribution in [2.45, 2.75) is 19.4 Å². The molecule has 34 heavy (non-hydrogen) atoms. The van der Waals surface area contributed by atoms with E-state index in [1.165, 1.54) is 4.57 Å². The zero-order valence-corrected chi connectivity index (χ0v) is 20.9. The third kappa shape index (κ3) is 4.97. The first kappa shape index (κ1) is 24.3. The summed E-state index contributed by atoms with van der Waals surface area (Å²) >= 11 is 18.6. The quantitative estimate of drug-likeness (QED) is 0.302. The number of benzene rings is 3. The number of carbonyl (C=O) groups excluding carboxylic acids is 1. The predicted molar refractivity (Wildman–Crippen MR) is 138 cm³/mol. The fraction of sp³-hybridized carbons (Fsp3) is 0.192. The number of hydrogen-bond donors (Lipinski definition) is 0. The van der Waals surface area contributed by atoms with Gasteiger partial charge < -0.3 is 4.90 Å². The molecule has 8 heteroatoms. The molecule has 0 N–H and O–H groups in total. The number of aromatic nitrogens is 2. The molecule has 0 aliphatic carbocycles. The standard InChI is InChI=1S/C26H22Cl3N3O2/c1-16(24-30-23-15-19(28)9-11-21(23)25(33)31(24)2)32(13-12-17-6-4-3-5-7-17)26(34)20-10-8-18(27)14-22(20)29/h3-11,14-16H,12-13H2,1-2H3. The van der Waals surface area contributed by atoms with Crippen LogP contribution in [0.2, 0.25) is 15.1 Å². The van der Waals surface area contributed by atoms with Crippen LogP contribution in [0.15, 0.2) is 71.5 Å². The number of rotatable bonds is 6. The molecule has 0 fully saturated rings. The lowest BCUT2D eigenvalue weighted by molar-refractivity contribution is 0.0682. The Morgan fingerprint density at radius 2 is 1.68 bits per heavy atom. The molecule has 174 valence electrons. The zero-order valence-electron chi connectivity index (χ0n) is 18.6. The van der Waals surface area contributed by atoms with Crippen molar-refractivity contribution in [2.24, 2.45) is 7.05 Å². The lowest BCUT2D eigenvalue weighted by Crippen LogP contribution is -2.38. The molecule has 1 atom stereocenters. The van der Waals surface area contributed by atoms with Gasteiger partial charge in [0.25, 0.3) is 11.5 Å². The lowest BCUT2D eigenvalue weighted by atomic mass is 10.1. The zero-order chi connectivity index (χ0) is 24.4. The molecule has 0 bridgehead atoms. The monoisotopic (exact) mass is 513 g/mol. The molecule has 1 amide bonds. The van der Waals surface area contributed by atoms with Gasteiger partial charge >= 0.3 is 0 Å². The molecular weight excluding hydrogens is 493 g/mol. The van der Waals surface area contributed by atoms with Crippen LogP contribution in [-0.4, -0.2) is 26.9 Å². The maximum absolute atomic E-state index is 13.7. The van der Waals surface area contributed by atoms with Gasteiger partial charge in [0.2, 0.25) is 0 Å². The number of halogens is 3. The molecule has 1 aromatic heterocycles. The van der Waals surface area contributed by atoms with Crippen molar-refractivity contribution in [1.82, 2.24) is 14.5 Å². The number of hydrogen-bond acceptors (Lipinski definition) is 3. The molecule has 4 aromatic rings. The van der Waals surface area contributed by atoms with E-state index in [2.05, 4.69) is 0 Å². The average molecular weight is 515 g/mol. The van der Waals surface area contributed by atoms with Crippen LogP contribution in [0, 0.1) is 0 Å². The van der Waals surface area contributed by atoms with Crippen molar-refractivity contribution < 1.29 is 4.79 Å². The third-order valence-electron chi connectivity index (χ3n) is 5.82. The van der Waals surface area contributed by atoms with Gasteiger partial charge in [0.1, 0.15) is 5.82 Å². The molecule has 4 rings (SSSR count). The molecule has 0 aliphatic rings. The summed E-state index contributed by atoms with van der Waals surface area (Å²) in [5, 5.41) is 1.66. The van der Waals surface area contributed by atoms with E-state index < -0.39 is 6.04 Å². The van der Waals surface area contributed by atoms with E-state index in [0.717, 1.165) is 5.56 Å². The van der Waals surface area contributed by atoms with Crippen molar-refractivity contribution in [1.29, 1.82) is 0 Å². The van der Waals surface area contributed by atoms with E-state index in [0.29, 0.717) is 45.3 Å². The topological polar surface area (TPSA) is 55.2 Å². The van der Waals surface area contributed by atoms with Gasteiger partial charge in [0.05, 0.1) is 27.5 Å². The average Bonchev–Trinajstić information content (AvgIpc) is 2.81.